The van der Waals surface area contributed by atoms with Gasteiger partial charge in [0.1, 0.15) is 17.3 Å². The molecule has 0 radical (unpaired) electrons. The summed E-state index contributed by atoms with van der Waals surface area (Å²) in [6.07, 6.45) is 2.12. The molecular formula is C27H21ClFN3O3S. The Kier molecular flexibility index (Phi) is 5.35. The molecule has 3 heterocycles. The van der Waals surface area contributed by atoms with Crippen molar-refractivity contribution in [1.82, 2.24) is 9.55 Å². The summed E-state index contributed by atoms with van der Waals surface area (Å²) < 4.78 is 17.0. The highest BCUT2D eigenvalue weighted by molar-refractivity contribution is 7.99. The van der Waals surface area contributed by atoms with E-state index in [0.29, 0.717) is 27.5 Å². The van der Waals surface area contributed by atoms with E-state index in [1.54, 1.807) is 22.8 Å². The number of nitrogens with zero attached hydrogens (tertiary/aromatic N) is 3. The van der Waals surface area contributed by atoms with Gasteiger partial charge in [0.15, 0.2) is 5.82 Å². The summed E-state index contributed by atoms with van der Waals surface area (Å²) in [5.41, 5.74) is 3.04. The summed E-state index contributed by atoms with van der Waals surface area (Å²) >= 11 is 7.38. The first-order valence-corrected chi connectivity index (χ1v) is 12.7. The number of para-hydroxylation sites is 1. The highest BCUT2D eigenvalue weighted by atomic mass is 35.5. The highest BCUT2D eigenvalue weighted by Crippen LogP contribution is 2.56. The molecule has 1 spiro atoms. The number of hydrogen-bond acceptors (Lipinski definition) is 4. The Labute approximate surface area is 215 Å². The highest BCUT2D eigenvalue weighted by Gasteiger charge is 2.52. The Morgan fingerprint density at radius 2 is 1.92 bits per heavy atom. The molecule has 9 heteroatoms. The molecule has 1 N–H and O–H groups in total. The van der Waals surface area contributed by atoms with Gasteiger partial charge in [0.2, 0.25) is 5.91 Å². The molecule has 0 saturated heterocycles. The van der Waals surface area contributed by atoms with E-state index in [9.17, 15) is 14.7 Å². The number of fused-ring (bicyclic) bond motifs is 3. The van der Waals surface area contributed by atoms with Crippen molar-refractivity contribution >= 4 is 51.8 Å². The Bertz CT molecular complexity index is 1580. The third-order valence-corrected chi connectivity index (χ3v) is 8.59. The molecule has 0 unspecified atom stereocenters. The minimum Gasteiger partial charge on any atom is -0.477 e. The van der Waals surface area contributed by atoms with Crippen LogP contribution in [-0.2, 0) is 16.8 Å². The Morgan fingerprint density at radius 3 is 2.67 bits per heavy atom. The molecule has 6 rings (SSSR count). The third-order valence-electron chi connectivity index (χ3n) is 7.14. The number of rotatable bonds is 5. The van der Waals surface area contributed by atoms with Gasteiger partial charge in [-0.3, -0.25) is 4.79 Å². The van der Waals surface area contributed by atoms with Crippen LogP contribution in [-0.4, -0.2) is 33.1 Å². The summed E-state index contributed by atoms with van der Waals surface area (Å²) in [5, 5.41) is 10.3. The van der Waals surface area contributed by atoms with Crippen molar-refractivity contribution in [3.8, 4) is 0 Å². The number of carbonyl (C=O) groups is 2. The molecule has 4 aromatic rings. The van der Waals surface area contributed by atoms with E-state index in [2.05, 4.69) is 11.1 Å². The number of aromatic carboxylic acids is 1. The predicted octanol–water partition coefficient (Wildman–Crippen LogP) is 6.07. The largest absolute Gasteiger partial charge is 0.477 e. The smallest absolute Gasteiger partial charge is 0.354 e. The molecule has 2 aliphatic rings. The van der Waals surface area contributed by atoms with Gasteiger partial charge in [-0.1, -0.05) is 47.6 Å². The SMILES string of the molecule is Cc1c(Sc2cccc(C(=O)O)n2)c2ccc(Cl)c(F)c2n1CC(=O)N1CC2(CC2)c2ccccc21. The molecule has 6 nitrogen and oxygen atoms in total. The normalized spacial score (nSPS) is 15.5. The summed E-state index contributed by atoms with van der Waals surface area (Å²) in [7, 11) is 0. The second-order valence-corrected chi connectivity index (χ2v) is 10.7. The first-order chi connectivity index (χ1) is 17.3. The fourth-order valence-electron chi connectivity index (χ4n) is 5.15. The molecule has 2 aromatic carbocycles. The van der Waals surface area contributed by atoms with Crippen LogP contribution in [0.3, 0.4) is 0 Å². The summed E-state index contributed by atoms with van der Waals surface area (Å²) in [5.74, 6) is -1.84. The Morgan fingerprint density at radius 1 is 1.14 bits per heavy atom. The number of pyridine rings is 1. The van der Waals surface area contributed by atoms with Crippen LogP contribution in [0.1, 0.15) is 34.6 Å². The fraction of sp³-hybridized carbons (Fsp3) is 0.222. The second-order valence-electron chi connectivity index (χ2n) is 9.30. The van der Waals surface area contributed by atoms with Crippen molar-refractivity contribution in [2.45, 2.75) is 41.6 Å². The van der Waals surface area contributed by atoms with Gasteiger partial charge in [0.05, 0.1) is 10.5 Å². The van der Waals surface area contributed by atoms with E-state index >= 15 is 4.39 Å². The first kappa shape index (κ1) is 23.1. The molecule has 1 amide bonds. The summed E-state index contributed by atoms with van der Waals surface area (Å²) in [4.78, 5) is 31.7. The third kappa shape index (κ3) is 3.59. The molecule has 182 valence electrons. The quantitative estimate of drug-likeness (QED) is 0.345. The number of carbonyl (C=O) groups excluding carboxylic acids is 1. The van der Waals surface area contributed by atoms with Crippen LogP contribution in [0, 0.1) is 12.7 Å². The lowest BCUT2D eigenvalue weighted by Gasteiger charge is -2.19. The van der Waals surface area contributed by atoms with Gasteiger partial charge >= 0.3 is 5.97 Å². The number of aromatic nitrogens is 2. The van der Waals surface area contributed by atoms with Crippen molar-refractivity contribution in [3.05, 3.63) is 82.4 Å². The maximum Gasteiger partial charge on any atom is 0.354 e. The Balaban J connectivity index is 1.41. The standard InChI is InChI=1S/C27H21ClFN3O3S/c1-15-25(36-21-8-4-6-19(30-21)26(34)35)16-9-10-18(28)23(29)24(16)31(15)13-22(33)32-14-27(11-12-27)17-5-2-3-7-20(17)32/h2-10H,11-14H2,1H3,(H,34,35). The molecule has 1 aliphatic carbocycles. The average molecular weight is 522 g/mol. The average Bonchev–Trinajstić information content (AvgIpc) is 3.52. The number of anilines is 1. The van der Waals surface area contributed by atoms with Gasteiger partial charge in [-0.25, -0.2) is 14.2 Å². The van der Waals surface area contributed by atoms with Crippen LogP contribution < -0.4 is 4.90 Å². The predicted molar refractivity (Wildman–Crippen MR) is 137 cm³/mol. The monoisotopic (exact) mass is 521 g/mol. The number of amides is 1. The lowest BCUT2D eigenvalue weighted by atomic mass is 9.99. The number of benzene rings is 2. The minimum atomic E-state index is -1.13. The number of hydrogen-bond donors (Lipinski definition) is 1. The zero-order valence-electron chi connectivity index (χ0n) is 19.3. The van der Waals surface area contributed by atoms with E-state index < -0.39 is 11.8 Å². The number of halogens is 2. The van der Waals surface area contributed by atoms with Gasteiger partial charge in [-0.2, -0.15) is 0 Å². The van der Waals surface area contributed by atoms with Crippen molar-refractivity contribution in [2.24, 2.45) is 0 Å². The lowest BCUT2D eigenvalue weighted by Crippen LogP contribution is -2.34. The van der Waals surface area contributed by atoms with Crippen molar-refractivity contribution < 1.29 is 19.1 Å². The van der Waals surface area contributed by atoms with Gasteiger partial charge in [0.25, 0.3) is 0 Å². The molecule has 1 fully saturated rings. The minimum absolute atomic E-state index is 0.0281. The van der Waals surface area contributed by atoms with E-state index in [4.69, 9.17) is 11.6 Å². The van der Waals surface area contributed by atoms with Crippen molar-refractivity contribution in [2.75, 3.05) is 11.4 Å². The molecule has 0 atom stereocenters. The van der Waals surface area contributed by atoms with Crippen LogP contribution >= 0.6 is 23.4 Å². The summed E-state index contributed by atoms with van der Waals surface area (Å²) in [6, 6.07) is 16.0. The molecule has 0 bridgehead atoms. The zero-order valence-corrected chi connectivity index (χ0v) is 20.9. The first-order valence-electron chi connectivity index (χ1n) is 11.5. The lowest BCUT2D eigenvalue weighted by molar-refractivity contribution is -0.119. The van der Waals surface area contributed by atoms with Gasteiger partial charge < -0.3 is 14.6 Å². The van der Waals surface area contributed by atoms with Crippen LogP contribution in [0.15, 0.2) is 64.5 Å². The molecule has 2 aromatic heterocycles. The van der Waals surface area contributed by atoms with E-state index in [0.717, 1.165) is 18.5 Å². The molecule has 1 aliphatic heterocycles. The van der Waals surface area contributed by atoms with Crippen LogP contribution in [0.2, 0.25) is 5.02 Å². The zero-order chi connectivity index (χ0) is 25.2. The van der Waals surface area contributed by atoms with E-state index in [1.165, 1.54) is 29.5 Å². The number of carboxylic acid groups (broad SMARTS) is 1. The molecular weight excluding hydrogens is 501 g/mol. The molecule has 1 saturated carbocycles. The summed E-state index contributed by atoms with van der Waals surface area (Å²) in [6.45, 7) is 2.41. The van der Waals surface area contributed by atoms with Crippen molar-refractivity contribution in [1.29, 1.82) is 0 Å². The van der Waals surface area contributed by atoms with Crippen molar-refractivity contribution in [3.63, 3.8) is 0 Å². The molecule has 36 heavy (non-hydrogen) atoms. The maximum absolute atomic E-state index is 15.4. The fourth-order valence-corrected chi connectivity index (χ4v) is 6.33. The van der Waals surface area contributed by atoms with E-state index in [-0.39, 0.29) is 34.1 Å². The maximum atomic E-state index is 15.4. The topological polar surface area (TPSA) is 75.4 Å². The second kappa shape index (κ2) is 8.35. The Hall–Kier alpha value is -3.36. The number of carboxylic acids is 1. The van der Waals surface area contributed by atoms with Crippen LogP contribution in [0.4, 0.5) is 10.1 Å². The van der Waals surface area contributed by atoms with Gasteiger partial charge in [-0.05, 0) is 55.7 Å². The van der Waals surface area contributed by atoms with Gasteiger partial charge in [0, 0.05) is 33.6 Å². The van der Waals surface area contributed by atoms with E-state index in [1.807, 2.05) is 30.0 Å². The van der Waals surface area contributed by atoms with Crippen LogP contribution in [0.25, 0.3) is 10.9 Å². The van der Waals surface area contributed by atoms with Gasteiger partial charge in [-0.15, -0.1) is 0 Å². The van der Waals surface area contributed by atoms with Crippen LogP contribution in [0.5, 0.6) is 0 Å².